The highest BCUT2D eigenvalue weighted by molar-refractivity contribution is 7.98. The molecule has 0 aromatic heterocycles. The van der Waals surface area contributed by atoms with Crippen LogP contribution in [-0.4, -0.2) is 36.4 Å². The summed E-state index contributed by atoms with van der Waals surface area (Å²) in [6.45, 7) is 0.757. The van der Waals surface area contributed by atoms with Crippen LogP contribution in [0.1, 0.15) is 55.3 Å². The predicted octanol–water partition coefficient (Wildman–Crippen LogP) is 4.52. The van der Waals surface area contributed by atoms with Crippen LogP contribution in [0.4, 0.5) is 0 Å². The average Bonchev–Trinajstić information content (AvgIpc) is 2.68. The monoisotopic (exact) mass is 434 g/mol. The number of carbonyl (C=O) groups is 2. The summed E-state index contributed by atoms with van der Waals surface area (Å²) >= 11 is 7.84. The van der Waals surface area contributed by atoms with Crippen molar-refractivity contribution in [3.05, 3.63) is 34.9 Å². The summed E-state index contributed by atoms with van der Waals surface area (Å²) in [5.41, 5.74) is 0.707. The summed E-state index contributed by atoms with van der Waals surface area (Å²) in [5, 5.41) is 6.55. The van der Waals surface area contributed by atoms with Crippen molar-refractivity contribution in [1.82, 2.24) is 10.6 Å². The van der Waals surface area contributed by atoms with Gasteiger partial charge in [-0.2, -0.15) is 11.8 Å². The second-order valence-corrected chi connectivity index (χ2v) is 10.8. The molecule has 0 heterocycles. The number of carbonyl (C=O) groups excluding carboxylic acids is 2. The standard InChI is InChI=1S/C23H31ClN2O2S/c1-29-7-6-20(26-21(27)18-4-2-3-5-19(18)24)22(28)25-14-23-11-15-8-16(12-23)10-17(9-15)13-23/h2-5,15-17,20H,6-14H2,1H3,(H,25,28)(H,26,27). The summed E-state index contributed by atoms with van der Waals surface area (Å²) < 4.78 is 0. The highest BCUT2D eigenvalue weighted by Gasteiger charge is 2.50. The molecule has 29 heavy (non-hydrogen) atoms. The lowest BCUT2D eigenvalue weighted by molar-refractivity contribution is -0.125. The van der Waals surface area contributed by atoms with Crippen LogP contribution in [0.3, 0.4) is 0 Å². The van der Waals surface area contributed by atoms with Crippen molar-refractivity contribution >= 4 is 35.2 Å². The molecule has 4 aliphatic rings. The number of thioether (sulfide) groups is 1. The zero-order valence-corrected chi connectivity index (χ0v) is 18.7. The fraction of sp³-hybridized carbons (Fsp3) is 0.652. The number of nitrogens with one attached hydrogen (secondary N) is 2. The van der Waals surface area contributed by atoms with Crippen LogP contribution in [0, 0.1) is 23.2 Å². The van der Waals surface area contributed by atoms with Crippen LogP contribution >= 0.6 is 23.4 Å². The fourth-order valence-electron chi connectivity index (χ4n) is 6.29. The summed E-state index contributed by atoms with van der Waals surface area (Å²) in [6.07, 6.45) is 10.6. The first-order valence-corrected chi connectivity index (χ1v) is 12.6. The Morgan fingerprint density at radius 3 is 2.34 bits per heavy atom. The van der Waals surface area contributed by atoms with E-state index >= 15 is 0 Å². The molecule has 0 spiro atoms. The van der Waals surface area contributed by atoms with E-state index in [-0.39, 0.29) is 11.8 Å². The van der Waals surface area contributed by atoms with Gasteiger partial charge in [0.2, 0.25) is 5.91 Å². The van der Waals surface area contributed by atoms with E-state index in [2.05, 4.69) is 10.6 Å². The quantitative estimate of drug-likeness (QED) is 0.632. The lowest BCUT2D eigenvalue weighted by Gasteiger charge is -2.57. The molecule has 158 valence electrons. The van der Waals surface area contributed by atoms with Crippen molar-refractivity contribution in [2.24, 2.45) is 23.2 Å². The van der Waals surface area contributed by atoms with E-state index in [0.717, 1.165) is 30.1 Å². The van der Waals surface area contributed by atoms with E-state index in [1.165, 1.54) is 38.5 Å². The van der Waals surface area contributed by atoms with Crippen molar-refractivity contribution in [3.63, 3.8) is 0 Å². The van der Waals surface area contributed by atoms with Crippen molar-refractivity contribution in [2.75, 3.05) is 18.6 Å². The topological polar surface area (TPSA) is 58.2 Å². The van der Waals surface area contributed by atoms with Gasteiger partial charge in [0, 0.05) is 6.54 Å². The van der Waals surface area contributed by atoms with Gasteiger partial charge in [-0.25, -0.2) is 0 Å². The Labute approximate surface area is 182 Å². The molecule has 4 bridgehead atoms. The molecule has 0 radical (unpaired) electrons. The maximum Gasteiger partial charge on any atom is 0.253 e. The average molecular weight is 435 g/mol. The molecule has 1 unspecified atom stereocenters. The van der Waals surface area contributed by atoms with E-state index in [1.54, 1.807) is 36.0 Å². The van der Waals surface area contributed by atoms with Crippen LogP contribution in [0.15, 0.2) is 24.3 Å². The summed E-state index contributed by atoms with van der Waals surface area (Å²) in [7, 11) is 0. The molecule has 1 aromatic rings. The molecular weight excluding hydrogens is 404 g/mol. The van der Waals surface area contributed by atoms with Crippen molar-refractivity contribution in [3.8, 4) is 0 Å². The largest absolute Gasteiger partial charge is 0.354 e. The van der Waals surface area contributed by atoms with Crippen LogP contribution in [0.2, 0.25) is 5.02 Å². The van der Waals surface area contributed by atoms with Gasteiger partial charge in [-0.15, -0.1) is 0 Å². The number of hydrogen-bond acceptors (Lipinski definition) is 3. The molecule has 2 amide bonds. The number of halogens is 1. The Kier molecular flexibility index (Phi) is 6.45. The molecule has 4 fully saturated rings. The highest BCUT2D eigenvalue weighted by atomic mass is 35.5. The third-order valence-corrected chi connectivity index (χ3v) is 8.13. The van der Waals surface area contributed by atoms with Gasteiger partial charge in [-0.1, -0.05) is 23.7 Å². The molecule has 1 atom stereocenters. The van der Waals surface area contributed by atoms with E-state index in [0.29, 0.717) is 22.4 Å². The zero-order chi connectivity index (χ0) is 20.4. The van der Waals surface area contributed by atoms with Crippen molar-refractivity contribution in [1.29, 1.82) is 0 Å². The van der Waals surface area contributed by atoms with Gasteiger partial charge < -0.3 is 10.6 Å². The highest BCUT2D eigenvalue weighted by Crippen LogP contribution is 2.59. The molecule has 0 aliphatic heterocycles. The van der Waals surface area contributed by atoms with E-state index in [9.17, 15) is 9.59 Å². The Bertz CT molecular complexity index is 734. The smallest absolute Gasteiger partial charge is 0.253 e. The zero-order valence-electron chi connectivity index (χ0n) is 17.1. The van der Waals surface area contributed by atoms with Crippen LogP contribution in [-0.2, 0) is 4.79 Å². The second kappa shape index (κ2) is 8.89. The van der Waals surface area contributed by atoms with Crippen LogP contribution < -0.4 is 10.6 Å². The first kappa shape index (κ1) is 21.0. The Hall–Kier alpha value is -1.20. The van der Waals surface area contributed by atoms with Gasteiger partial charge in [0.25, 0.3) is 5.91 Å². The maximum absolute atomic E-state index is 13.0. The lowest BCUT2D eigenvalue weighted by Crippen LogP contribution is -2.54. The molecule has 1 aromatic carbocycles. The van der Waals surface area contributed by atoms with Gasteiger partial charge in [0.05, 0.1) is 10.6 Å². The summed E-state index contributed by atoms with van der Waals surface area (Å²) in [6, 6.07) is 6.44. The van der Waals surface area contributed by atoms with E-state index < -0.39 is 6.04 Å². The molecule has 4 nitrogen and oxygen atoms in total. The molecular formula is C23H31ClN2O2S. The third kappa shape index (κ3) is 4.77. The molecule has 4 saturated carbocycles. The van der Waals surface area contributed by atoms with Crippen molar-refractivity contribution < 1.29 is 9.59 Å². The van der Waals surface area contributed by atoms with Gasteiger partial charge in [-0.05, 0) is 92.3 Å². The minimum absolute atomic E-state index is 0.0600. The molecule has 2 N–H and O–H groups in total. The minimum atomic E-state index is -0.528. The molecule has 6 heteroatoms. The molecule has 0 saturated heterocycles. The SMILES string of the molecule is CSCCC(NC(=O)c1ccccc1Cl)C(=O)NCC12CC3CC(CC(C3)C1)C2. The molecule has 5 rings (SSSR count). The van der Waals surface area contributed by atoms with Crippen LogP contribution in [0.5, 0.6) is 0 Å². The van der Waals surface area contributed by atoms with E-state index in [1.807, 2.05) is 6.26 Å². The number of benzene rings is 1. The predicted molar refractivity (Wildman–Crippen MR) is 119 cm³/mol. The third-order valence-electron chi connectivity index (χ3n) is 7.15. The summed E-state index contributed by atoms with van der Waals surface area (Å²) in [4.78, 5) is 25.7. The van der Waals surface area contributed by atoms with E-state index in [4.69, 9.17) is 11.6 Å². The normalized spacial score (nSPS) is 30.8. The van der Waals surface area contributed by atoms with Gasteiger partial charge in [-0.3, -0.25) is 9.59 Å². The first-order valence-electron chi connectivity index (χ1n) is 10.8. The van der Waals surface area contributed by atoms with Gasteiger partial charge in [0.1, 0.15) is 6.04 Å². The first-order chi connectivity index (χ1) is 14.0. The number of amides is 2. The number of hydrogen-bond donors (Lipinski definition) is 2. The fourth-order valence-corrected chi connectivity index (χ4v) is 6.98. The maximum atomic E-state index is 13.0. The van der Waals surface area contributed by atoms with Gasteiger partial charge >= 0.3 is 0 Å². The summed E-state index contributed by atoms with van der Waals surface area (Å²) in [5.74, 6) is 3.07. The van der Waals surface area contributed by atoms with Gasteiger partial charge in [0.15, 0.2) is 0 Å². The second-order valence-electron chi connectivity index (χ2n) is 9.42. The number of rotatable bonds is 8. The Morgan fingerprint density at radius 1 is 1.14 bits per heavy atom. The minimum Gasteiger partial charge on any atom is -0.354 e. The Morgan fingerprint density at radius 2 is 1.76 bits per heavy atom. The van der Waals surface area contributed by atoms with Crippen LogP contribution in [0.25, 0.3) is 0 Å². The van der Waals surface area contributed by atoms with Crippen molar-refractivity contribution in [2.45, 2.75) is 51.0 Å². The molecule has 4 aliphatic carbocycles. The lowest BCUT2D eigenvalue weighted by atomic mass is 9.49. The Balaban J connectivity index is 1.38.